The number of aryl methyl sites for hydroxylation is 2. The molecule has 1 saturated heterocycles. The van der Waals surface area contributed by atoms with Crippen LogP contribution in [0.5, 0.6) is 5.75 Å². The highest BCUT2D eigenvalue weighted by atomic mass is 32.2. The molecule has 33 heavy (non-hydrogen) atoms. The molecule has 176 valence electrons. The van der Waals surface area contributed by atoms with E-state index in [4.69, 9.17) is 9.26 Å². The van der Waals surface area contributed by atoms with Crippen LogP contribution in [0.3, 0.4) is 0 Å². The van der Waals surface area contributed by atoms with Gasteiger partial charge >= 0.3 is 0 Å². The number of benzene rings is 1. The SMILES string of the molecule is CCc1nc(-c2cc(S(=O)(=O)N3CCC[C@@H](C(=O)Nc4ccc(OC)cc4)C3)c(C)s2)no1. The molecule has 1 aliphatic heterocycles. The Morgan fingerprint density at radius 2 is 2.09 bits per heavy atom. The summed E-state index contributed by atoms with van der Waals surface area (Å²) in [6, 6.07) is 8.63. The molecule has 0 unspecified atom stereocenters. The van der Waals surface area contributed by atoms with Gasteiger partial charge in [0.15, 0.2) is 0 Å². The number of rotatable bonds is 7. The third-order valence-electron chi connectivity index (χ3n) is 5.59. The molecular formula is C22H26N4O5S2. The predicted molar refractivity (Wildman–Crippen MR) is 125 cm³/mol. The summed E-state index contributed by atoms with van der Waals surface area (Å²) in [6.45, 7) is 4.18. The number of hydrogen-bond donors (Lipinski definition) is 1. The van der Waals surface area contributed by atoms with Gasteiger partial charge in [-0.05, 0) is 50.1 Å². The van der Waals surface area contributed by atoms with E-state index in [-0.39, 0.29) is 17.3 Å². The minimum Gasteiger partial charge on any atom is -0.497 e. The lowest BCUT2D eigenvalue weighted by Gasteiger charge is -2.31. The van der Waals surface area contributed by atoms with Crippen LogP contribution < -0.4 is 10.1 Å². The number of sulfonamides is 1. The standard InChI is InChI=1S/C22H26N4O5S2/c1-4-20-24-21(25-31-20)18-12-19(14(2)32-18)33(28,29)26-11-5-6-15(13-26)22(27)23-16-7-9-17(30-3)10-8-16/h7-10,12,15H,4-6,11,13H2,1-3H3,(H,23,27)/t15-/m1/s1. The van der Waals surface area contributed by atoms with E-state index in [0.717, 1.165) is 0 Å². The van der Waals surface area contributed by atoms with Gasteiger partial charge in [-0.15, -0.1) is 11.3 Å². The first-order valence-corrected chi connectivity index (χ1v) is 13.0. The van der Waals surface area contributed by atoms with Gasteiger partial charge in [-0.1, -0.05) is 12.1 Å². The number of nitrogens with zero attached hydrogens (tertiary/aromatic N) is 3. The number of piperidine rings is 1. The lowest BCUT2D eigenvalue weighted by Crippen LogP contribution is -2.43. The molecule has 11 heteroatoms. The zero-order valence-electron chi connectivity index (χ0n) is 18.7. The van der Waals surface area contributed by atoms with E-state index in [1.807, 2.05) is 6.92 Å². The molecule has 1 aliphatic rings. The van der Waals surface area contributed by atoms with E-state index in [2.05, 4.69) is 15.5 Å². The minimum atomic E-state index is -3.77. The molecule has 0 spiro atoms. The second-order valence-corrected chi connectivity index (χ2v) is 11.0. The maximum Gasteiger partial charge on any atom is 0.244 e. The van der Waals surface area contributed by atoms with E-state index in [1.165, 1.54) is 15.6 Å². The molecule has 3 aromatic rings. The Bertz CT molecular complexity index is 1230. The monoisotopic (exact) mass is 490 g/mol. The van der Waals surface area contributed by atoms with Crippen molar-refractivity contribution in [2.45, 2.75) is 38.0 Å². The number of ether oxygens (including phenoxy) is 1. The van der Waals surface area contributed by atoms with E-state index in [0.29, 0.717) is 58.7 Å². The predicted octanol–water partition coefficient (Wildman–Crippen LogP) is 3.72. The van der Waals surface area contributed by atoms with Crippen molar-refractivity contribution in [2.75, 3.05) is 25.5 Å². The molecule has 0 saturated carbocycles. The molecule has 1 atom stereocenters. The molecule has 0 radical (unpaired) electrons. The third kappa shape index (κ3) is 4.94. The van der Waals surface area contributed by atoms with Crippen LogP contribution in [0.15, 0.2) is 39.8 Å². The van der Waals surface area contributed by atoms with Crippen LogP contribution in [-0.2, 0) is 21.2 Å². The molecule has 1 N–H and O–H groups in total. The summed E-state index contributed by atoms with van der Waals surface area (Å²) in [5.74, 6) is 0.958. The van der Waals surface area contributed by atoms with Crippen LogP contribution in [-0.4, -0.2) is 49.0 Å². The fraction of sp³-hybridized carbons (Fsp3) is 0.409. The molecule has 1 fully saturated rings. The lowest BCUT2D eigenvalue weighted by molar-refractivity contribution is -0.120. The summed E-state index contributed by atoms with van der Waals surface area (Å²) in [7, 11) is -2.19. The molecule has 1 amide bonds. The van der Waals surface area contributed by atoms with Gasteiger partial charge in [0.05, 0.1) is 22.8 Å². The number of carbonyl (C=O) groups excluding carboxylic acids is 1. The fourth-order valence-corrected chi connectivity index (χ4v) is 6.77. The van der Waals surface area contributed by atoms with Gasteiger partial charge in [0.2, 0.25) is 27.6 Å². The van der Waals surface area contributed by atoms with Gasteiger partial charge in [-0.25, -0.2) is 8.42 Å². The first kappa shape index (κ1) is 23.4. The van der Waals surface area contributed by atoms with E-state index in [1.54, 1.807) is 44.4 Å². The maximum absolute atomic E-state index is 13.4. The first-order valence-electron chi connectivity index (χ1n) is 10.7. The van der Waals surface area contributed by atoms with Crippen molar-refractivity contribution < 1.29 is 22.5 Å². The Labute approximate surface area is 196 Å². The highest BCUT2D eigenvalue weighted by Gasteiger charge is 2.35. The van der Waals surface area contributed by atoms with Crippen LogP contribution in [0.1, 0.15) is 30.5 Å². The van der Waals surface area contributed by atoms with E-state index >= 15 is 0 Å². The highest BCUT2D eigenvalue weighted by molar-refractivity contribution is 7.89. The van der Waals surface area contributed by atoms with Gasteiger partial charge in [-0.2, -0.15) is 9.29 Å². The molecule has 2 aromatic heterocycles. The van der Waals surface area contributed by atoms with Crippen LogP contribution >= 0.6 is 11.3 Å². The van der Waals surface area contributed by atoms with Crippen molar-refractivity contribution in [1.82, 2.24) is 14.4 Å². The smallest absolute Gasteiger partial charge is 0.244 e. The number of aromatic nitrogens is 2. The number of carbonyl (C=O) groups is 1. The molecule has 3 heterocycles. The molecule has 0 aliphatic carbocycles. The Morgan fingerprint density at radius 1 is 1.33 bits per heavy atom. The number of anilines is 1. The van der Waals surface area contributed by atoms with E-state index < -0.39 is 15.9 Å². The number of thiophene rings is 1. The summed E-state index contributed by atoms with van der Waals surface area (Å²) in [5, 5.41) is 6.83. The minimum absolute atomic E-state index is 0.136. The summed E-state index contributed by atoms with van der Waals surface area (Å²) < 4.78 is 38.6. The second-order valence-electron chi connectivity index (χ2n) is 7.82. The summed E-state index contributed by atoms with van der Waals surface area (Å²) in [6.07, 6.45) is 1.85. The molecule has 0 bridgehead atoms. The highest BCUT2D eigenvalue weighted by Crippen LogP contribution is 2.35. The number of hydrogen-bond acceptors (Lipinski definition) is 8. The average Bonchev–Trinajstić information content (AvgIpc) is 3.46. The lowest BCUT2D eigenvalue weighted by atomic mass is 9.99. The summed E-state index contributed by atoms with van der Waals surface area (Å²) in [5.41, 5.74) is 0.644. The van der Waals surface area contributed by atoms with Crippen molar-refractivity contribution in [3.05, 3.63) is 41.1 Å². The van der Waals surface area contributed by atoms with Crippen molar-refractivity contribution in [2.24, 2.45) is 5.92 Å². The average molecular weight is 491 g/mol. The van der Waals surface area contributed by atoms with Crippen molar-refractivity contribution in [1.29, 1.82) is 0 Å². The zero-order valence-corrected chi connectivity index (χ0v) is 20.3. The fourth-order valence-electron chi connectivity index (χ4n) is 3.76. The zero-order chi connectivity index (χ0) is 23.6. The Balaban J connectivity index is 1.49. The van der Waals surface area contributed by atoms with Gasteiger partial charge in [0.1, 0.15) is 5.75 Å². The number of nitrogens with one attached hydrogen (secondary N) is 1. The molecule has 9 nitrogen and oxygen atoms in total. The largest absolute Gasteiger partial charge is 0.497 e. The number of methoxy groups -OCH3 is 1. The number of amides is 1. The van der Waals surface area contributed by atoms with Gasteiger partial charge in [-0.3, -0.25) is 4.79 Å². The van der Waals surface area contributed by atoms with Crippen LogP contribution in [0.25, 0.3) is 10.7 Å². The molecule has 1 aromatic carbocycles. The summed E-state index contributed by atoms with van der Waals surface area (Å²) in [4.78, 5) is 18.6. The Hall–Kier alpha value is -2.76. The van der Waals surface area contributed by atoms with Crippen LogP contribution in [0.2, 0.25) is 0 Å². The van der Waals surface area contributed by atoms with Gasteiger partial charge < -0.3 is 14.6 Å². The Kier molecular flexibility index (Phi) is 6.82. The van der Waals surface area contributed by atoms with Crippen molar-refractivity contribution >= 4 is 33.0 Å². The van der Waals surface area contributed by atoms with Gasteiger partial charge in [0, 0.05) is 30.1 Å². The first-order chi connectivity index (χ1) is 15.8. The molecular weight excluding hydrogens is 464 g/mol. The second kappa shape index (κ2) is 9.62. The normalized spacial score (nSPS) is 17.1. The van der Waals surface area contributed by atoms with Gasteiger partial charge in [0.25, 0.3) is 0 Å². The third-order valence-corrected chi connectivity index (χ3v) is 8.76. The Morgan fingerprint density at radius 3 is 2.76 bits per heavy atom. The van der Waals surface area contributed by atoms with Crippen LogP contribution in [0, 0.1) is 12.8 Å². The summed E-state index contributed by atoms with van der Waals surface area (Å²) >= 11 is 1.31. The maximum atomic E-state index is 13.4. The quantitative estimate of drug-likeness (QED) is 0.537. The van der Waals surface area contributed by atoms with Crippen molar-refractivity contribution in [3.8, 4) is 16.5 Å². The molecule has 4 rings (SSSR count). The van der Waals surface area contributed by atoms with Crippen molar-refractivity contribution in [3.63, 3.8) is 0 Å². The topological polar surface area (TPSA) is 115 Å². The van der Waals surface area contributed by atoms with Crippen LogP contribution in [0.4, 0.5) is 5.69 Å². The van der Waals surface area contributed by atoms with E-state index in [9.17, 15) is 13.2 Å².